The molecule has 1 aromatic heterocycles. The Labute approximate surface area is 111 Å². The predicted molar refractivity (Wildman–Crippen MR) is 71.3 cm³/mol. The predicted octanol–water partition coefficient (Wildman–Crippen LogP) is 4.28. The third kappa shape index (κ3) is 1.81. The molecule has 1 aliphatic carbocycles. The van der Waals surface area contributed by atoms with Gasteiger partial charge in [0.2, 0.25) is 0 Å². The van der Waals surface area contributed by atoms with Crippen molar-refractivity contribution < 1.29 is 4.39 Å². The zero-order valence-electron chi connectivity index (χ0n) is 10.4. The molecule has 96 valence electrons. The van der Waals surface area contributed by atoms with Gasteiger partial charge in [-0.15, -0.1) is 11.6 Å². The van der Waals surface area contributed by atoms with Gasteiger partial charge in [0.05, 0.1) is 16.9 Å². The molecule has 2 atom stereocenters. The fourth-order valence-electron chi connectivity index (χ4n) is 3.09. The molecule has 3 rings (SSSR count). The highest BCUT2D eigenvalue weighted by atomic mass is 35.5. The van der Waals surface area contributed by atoms with E-state index in [0.717, 1.165) is 23.3 Å². The van der Waals surface area contributed by atoms with Gasteiger partial charge in [-0.2, -0.15) is 0 Å². The van der Waals surface area contributed by atoms with Crippen LogP contribution < -0.4 is 0 Å². The summed E-state index contributed by atoms with van der Waals surface area (Å²) in [6.45, 7) is 2.25. The Balaban J connectivity index is 2.21. The van der Waals surface area contributed by atoms with E-state index in [0.29, 0.717) is 17.8 Å². The number of aromatic nitrogens is 2. The largest absolute Gasteiger partial charge is 0.323 e. The SMILES string of the molecule is CC1CCCC1n1c(CCl)nc2ccc(F)cc21. The van der Waals surface area contributed by atoms with Gasteiger partial charge in [0.1, 0.15) is 11.6 Å². The molecule has 18 heavy (non-hydrogen) atoms. The number of rotatable bonds is 2. The normalized spacial score (nSPS) is 23.9. The van der Waals surface area contributed by atoms with E-state index in [1.165, 1.54) is 18.9 Å². The Hall–Kier alpha value is -1.09. The lowest BCUT2D eigenvalue weighted by molar-refractivity contribution is 0.408. The van der Waals surface area contributed by atoms with E-state index >= 15 is 0 Å². The molecule has 0 N–H and O–H groups in total. The molecule has 4 heteroatoms. The molecule has 1 aromatic carbocycles. The number of nitrogens with zero attached hydrogens (tertiary/aromatic N) is 2. The van der Waals surface area contributed by atoms with Crippen molar-refractivity contribution in [2.45, 2.75) is 38.1 Å². The van der Waals surface area contributed by atoms with Crippen LogP contribution in [0.2, 0.25) is 0 Å². The van der Waals surface area contributed by atoms with Gasteiger partial charge in [-0.05, 0) is 37.0 Å². The molecule has 1 saturated carbocycles. The summed E-state index contributed by atoms with van der Waals surface area (Å²) < 4.78 is 15.6. The first-order valence-corrected chi connectivity index (χ1v) is 6.96. The second kappa shape index (κ2) is 4.54. The number of hydrogen-bond donors (Lipinski definition) is 0. The van der Waals surface area contributed by atoms with E-state index in [1.54, 1.807) is 12.1 Å². The summed E-state index contributed by atoms with van der Waals surface area (Å²) in [4.78, 5) is 4.52. The molecule has 1 fully saturated rings. The summed E-state index contributed by atoms with van der Waals surface area (Å²) in [6.07, 6.45) is 3.58. The van der Waals surface area contributed by atoms with Gasteiger partial charge in [0.15, 0.2) is 0 Å². The molecular formula is C14H16ClFN2. The smallest absolute Gasteiger partial charge is 0.125 e. The highest BCUT2D eigenvalue weighted by molar-refractivity contribution is 6.16. The number of fused-ring (bicyclic) bond motifs is 1. The summed E-state index contributed by atoms with van der Waals surface area (Å²) in [6, 6.07) is 5.17. The number of hydrogen-bond acceptors (Lipinski definition) is 1. The quantitative estimate of drug-likeness (QED) is 0.742. The van der Waals surface area contributed by atoms with E-state index in [9.17, 15) is 4.39 Å². The summed E-state index contributed by atoms with van der Waals surface area (Å²) in [5.41, 5.74) is 1.72. The van der Waals surface area contributed by atoms with Gasteiger partial charge < -0.3 is 4.57 Å². The molecule has 0 amide bonds. The van der Waals surface area contributed by atoms with Crippen LogP contribution in [0, 0.1) is 11.7 Å². The van der Waals surface area contributed by atoms with Crippen molar-refractivity contribution in [1.29, 1.82) is 0 Å². The van der Waals surface area contributed by atoms with Crippen LogP contribution in [0.5, 0.6) is 0 Å². The molecule has 2 nitrogen and oxygen atoms in total. The van der Waals surface area contributed by atoms with Crippen LogP contribution in [0.3, 0.4) is 0 Å². The first-order chi connectivity index (χ1) is 8.70. The Morgan fingerprint density at radius 3 is 2.94 bits per heavy atom. The maximum atomic E-state index is 13.4. The Morgan fingerprint density at radius 2 is 2.28 bits per heavy atom. The third-order valence-corrected chi connectivity index (χ3v) is 4.23. The van der Waals surface area contributed by atoms with Crippen LogP contribution in [-0.2, 0) is 5.88 Å². The zero-order valence-corrected chi connectivity index (χ0v) is 11.1. The maximum Gasteiger partial charge on any atom is 0.125 e. The van der Waals surface area contributed by atoms with Crippen molar-refractivity contribution in [3.8, 4) is 0 Å². The molecule has 0 radical (unpaired) electrons. The monoisotopic (exact) mass is 266 g/mol. The average Bonchev–Trinajstić information content (AvgIpc) is 2.91. The van der Waals surface area contributed by atoms with Crippen molar-refractivity contribution in [3.63, 3.8) is 0 Å². The Bertz CT molecular complexity index is 578. The Kier molecular flexibility index (Phi) is 3.02. The van der Waals surface area contributed by atoms with Crippen LogP contribution in [0.15, 0.2) is 18.2 Å². The minimum atomic E-state index is -0.213. The molecular weight excluding hydrogens is 251 g/mol. The van der Waals surface area contributed by atoms with Crippen LogP contribution in [0.4, 0.5) is 4.39 Å². The van der Waals surface area contributed by atoms with Crippen molar-refractivity contribution in [3.05, 3.63) is 29.8 Å². The second-order valence-corrected chi connectivity index (χ2v) is 5.41. The minimum absolute atomic E-state index is 0.213. The van der Waals surface area contributed by atoms with Crippen LogP contribution in [0.1, 0.15) is 38.1 Å². The summed E-state index contributed by atoms with van der Waals surface area (Å²) in [5, 5.41) is 0. The third-order valence-electron chi connectivity index (χ3n) is 3.99. The van der Waals surface area contributed by atoms with Crippen LogP contribution >= 0.6 is 11.6 Å². The molecule has 1 aliphatic rings. The lowest BCUT2D eigenvalue weighted by Gasteiger charge is -2.20. The van der Waals surface area contributed by atoms with Gasteiger partial charge in [0.25, 0.3) is 0 Å². The number of benzene rings is 1. The van der Waals surface area contributed by atoms with Crippen molar-refractivity contribution in [2.75, 3.05) is 0 Å². The summed E-state index contributed by atoms with van der Waals surface area (Å²) >= 11 is 5.99. The van der Waals surface area contributed by atoms with E-state index in [2.05, 4.69) is 16.5 Å². The topological polar surface area (TPSA) is 17.8 Å². The van der Waals surface area contributed by atoms with Crippen LogP contribution in [0.25, 0.3) is 11.0 Å². The fourth-order valence-corrected chi connectivity index (χ4v) is 3.28. The standard InChI is InChI=1S/C14H16ClFN2/c1-9-3-2-4-12(9)18-13-7-10(16)5-6-11(13)17-14(18)8-15/h5-7,9,12H,2-4,8H2,1H3. The second-order valence-electron chi connectivity index (χ2n) is 5.14. The van der Waals surface area contributed by atoms with Crippen molar-refractivity contribution in [2.24, 2.45) is 5.92 Å². The Morgan fingerprint density at radius 1 is 1.44 bits per heavy atom. The first-order valence-electron chi connectivity index (χ1n) is 6.43. The van der Waals surface area contributed by atoms with Gasteiger partial charge in [-0.3, -0.25) is 0 Å². The van der Waals surface area contributed by atoms with Crippen LogP contribution in [-0.4, -0.2) is 9.55 Å². The lowest BCUT2D eigenvalue weighted by Crippen LogP contribution is -2.14. The first kappa shape index (κ1) is 12.0. The minimum Gasteiger partial charge on any atom is -0.323 e. The van der Waals surface area contributed by atoms with E-state index < -0.39 is 0 Å². The maximum absolute atomic E-state index is 13.4. The fraction of sp³-hybridized carbons (Fsp3) is 0.500. The molecule has 0 spiro atoms. The van der Waals surface area contributed by atoms with Crippen molar-refractivity contribution >= 4 is 22.6 Å². The number of alkyl halides is 1. The molecule has 2 aromatic rings. The number of imidazole rings is 1. The summed E-state index contributed by atoms with van der Waals surface area (Å²) in [7, 11) is 0. The van der Waals surface area contributed by atoms with Crippen molar-refractivity contribution in [1.82, 2.24) is 9.55 Å². The molecule has 0 aliphatic heterocycles. The molecule has 1 heterocycles. The van der Waals surface area contributed by atoms with Gasteiger partial charge in [-0.1, -0.05) is 13.3 Å². The van der Waals surface area contributed by atoms with Gasteiger partial charge in [-0.25, -0.2) is 9.37 Å². The average molecular weight is 267 g/mol. The van der Waals surface area contributed by atoms with E-state index in [-0.39, 0.29) is 5.82 Å². The lowest BCUT2D eigenvalue weighted by atomic mass is 10.1. The summed E-state index contributed by atoms with van der Waals surface area (Å²) in [5.74, 6) is 1.62. The van der Waals surface area contributed by atoms with E-state index in [4.69, 9.17) is 11.6 Å². The highest BCUT2D eigenvalue weighted by Gasteiger charge is 2.28. The van der Waals surface area contributed by atoms with Gasteiger partial charge >= 0.3 is 0 Å². The molecule has 0 bridgehead atoms. The molecule has 0 saturated heterocycles. The van der Waals surface area contributed by atoms with Gasteiger partial charge in [0, 0.05) is 6.04 Å². The van der Waals surface area contributed by atoms with E-state index in [1.807, 2.05) is 0 Å². The number of halogens is 2. The highest BCUT2D eigenvalue weighted by Crippen LogP contribution is 2.38. The zero-order chi connectivity index (χ0) is 12.7. The molecule has 2 unspecified atom stereocenters.